The predicted octanol–water partition coefficient (Wildman–Crippen LogP) is 1.13. The maximum absolute atomic E-state index is 11.5. The largest absolute Gasteiger partial charge is 0.394 e. The minimum Gasteiger partial charge on any atom is -0.394 e. The summed E-state index contributed by atoms with van der Waals surface area (Å²) in [6, 6.07) is 9.32. The van der Waals surface area contributed by atoms with E-state index in [1.54, 1.807) is 0 Å². The van der Waals surface area contributed by atoms with Gasteiger partial charge in [-0.15, -0.1) is 0 Å². The molecule has 2 N–H and O–H groups in total. The Labute approximate surface area is 109 Å². The minimum atomic E-state index is -2.96. The van der Waals surface area contributed by atoms with E-state index in [4.69, 9.17) is 0 Å². The van der Waals surface area contributed by atoms with E-state index in [1.165, 1.54) is 0 Å². The van der Waals surface area contributed by atoms with Gasteiger partial charge in [0.15, 0.2) is 9.84 Å². The van der Waals surface area contributed by atoms with Crippen LogP contribution >= 0.6 is 0 Å². The molecule has 0 fully saturated rings. The van der Waals surface area contributed by atoms with Crippen molar-refractivity contribution in [1.29, 1.82) is 0 Å². The lowest BCUT2D eigenvalue weighted by Crippen LogP contribution is -2.30. The zero-order valence-electron chi connectivity index (χ0n) is 10.7. The van der Waals surface area contributed by atoms with Crippen LogP contribution in [0.1, 0.15) is 24.9 Å². The smallest absolute Gasteiger partial charge is 0.151 e. The van der Waals surface area contributed by atoms with Crippen LogP contribution < -0.4 is 5.32 Å². The van der Waals surface area contributed by atoms with Gasteiger partial charge in [-0.1, -0.05) is 37.3 Å². The lowest BCUT2D eigenvalue weighted by atomic mass is 10.1. The average molecular weight is 271 g/mol. The molecule has 0 saturated heterocycles. The second-order valence-corrected chi connectivity index (χ2v) is 6.56. The van der Waals surface area contributed by atoms with Crippen molar-refractivity contribution < 1.29 is 13.5 Å². The van der Waals surface area contributed by atoms with Crippen molar-refractivity contribution in [2.24, 2.45) is 0 Å². The van der Waals surface area contributed by atoms with Crippen LogP contribution in [0.2, 0.25) is 0 Å². The molecule has 4 nitrogen and oxygen atoms in total. The first kappa shape index (κ1) is 15.1. The molecule has 1 rings (SSSR count). The SMILES string of the molecule is CCCS(=O)(=O)CCNC(CO)c1ccccc1. The summed E-state index contributed by atoms with van der Waals surface area (Å²) in [5, 5.41) is 12.4. The van der Waals surface area contributed by atoms with Gasteiger partial charge in [0.25, 0.3) is 0 Å². The second-order valence-electron chi connectivity index (χ2n) is 4.25. The number of nitrogens with one attached hydrogen (secondary N) is 1. The number of sulfone groups is 1. The number of aliphatic hydroxyl groups is 1. The van der Waals surface area contributed by atoms with E-state index in [0.29, 0.717) is 13.0 Å². The van der Waals surface area contributed by atoms with Crippen molar-refractivity contribution in [3.05, 3.63) is 35.9 Å². The van der Waals surface area contributed by atoms with Gasteiger partial charge >= 0.3 is 0 Å². The van der Waals surface area contributed by atoms with Crippen LogP contribution in [0.15, 0.2) is 30.3 Å². The predicted molar refractivity (Wildman–Crippen MR) is 73.2 cm³/mol. The Kier molecular flexibility index (Phi) is 6.32. The van der Waals surface area contributed by atoms with E-state index in [-0.39, 0.29) is 24.2 Å². The molecule has 0 amide bonds. The van der Waals surface area contributed by atoms with Crippen LogP contribution in [-0.4, -0.2) is 38.2 Å². The Morgan fingerprint density at radius 3 is 2.44 bits per heavy atom. The monoisotopic (exact) mass is 271 g/mol. The van der Waals surface area contributed by atoms with Crippen molar-refractivity contribution in [3.8, 4) is 0 Å². The molecule has 18 heavy (non-hydrogen) atoms. The molecule has 0 bridgehead atoms. The standard InChI is InChI=1S/C13H21NO3S/c1-2-9-18(16,17)10-8-14-13(11-15)12-6-4-3-5-7-12/h3-7,13-15H,2,8-11H2,1H3. The first-order valence-electron chi connectivity index (χ1n) is 6.18. The zero-order chi connectivity index (χ0) is 13.4. The van der Waals surface area contributed by atoms with E-state index >= 15 is 0 Å². The molecule has 1 aromatic carbocycles. The number of aliphatic hydroxyl groups excluding tert-OH is 1. The van der Waals surface area contributed by atoms with Crippen LogP contribution in [0.3, 0.4) is 0 Å². The van der Waals surface area contributed by atoms with Crippen molar-refractivity contribution in [1.82, 2.24) is 5.32 Å². The highest BCUT2D eigenvalue weighted by atomic mass is 32.2. The van der Waals surface area contributed by atoms with Crippen LogP contribution in [0, 0.1) is 0 Å². The van der Waals surface area contributed by atoms with Gasteiger partial charge in [-0.05, 0) is 12.0 Å². The molecule has 1 aromatic rings. The lowest BCUT2D eigenvalue weighted by Gasteiger charge is -2.16. The highest BCUT2D eigenvalue weighted by Crippen LogP contribution is 2.11. The third kappa shape index (κ3) is 5.16. The molecule has 5 heteroatoms. The fourth-order valence-corrected chi connectivity index (χ4v) is 3.03. The van der Waals surface area contributed by atoms with Gasteiger partial charge in [0.05, 0.1) is 18.4 Å². The van der Waals surface area contributed by atoms with Crippen LogP contribution in [0.25, 0.3) is 0 Å². The van der Waals surface area contributed by atoms with Gasteiger partial charge in [-0.3, -0.25) is 0 Å². The summed E-state index contributed by atoms with van der Waals surface area (Å²) in [7, 11) is -2.96. The fraction of sp³-hybridized carbons (Fsp3) is 0.538. The molecule has 0 aromatic heterocycles. The molecular formula is C13H21NO3S. The van der Waals surface area contributed by atoms with Crippen LogP contribution in [-0.2, 0) is 9.84 Å². The summed E-state index contributed by atoms with van der Waals surface area (Å²) < 4.78 is 23.1. The molecule has 0 radical (unpaired) electrons. The van der Waals surface area contributed by atoms with E-state index in [9.17, 15) is 13.5 Å². The molecule has 0 aliphatic carbocycles. The number of rotatable bonds is 8. The van der Waals surface area contributed by atoms with E-state index < -0.39 is 9.84 Å². The normalized spacial score (nSPS) is 13.4. The molecule has 1 unspecified atom stereocenters. The van der Waals surface area contributed by atoms with Crippen molar-refractivity contribution in [2.45, 2.75) is 19.4 Å². The summed E-state index contributed by atoms with van der Waals surface area (Å²) in [6.07, 6.45) is 0.643. The second kappa shape index (κ2) is 7.51. The summed E-state index contributed by atoms with van der Waals surface area (Å²) in [5.74, 6) is 0.341. The first-order valence-corrected chi connectivity index (χ1v) is 8.01. The highest BCUT2D eigenvalue weighted by Gasteiger charge is 2.12. The maximum atomic E-state index is 11.5. The van der Waals surface area contributed by atoms with E-state index in [2.05, 4.69) is 5.32 Å². The Bertz CT molecular complexity index is 431. The van der Waals surface area contributed by atoms with Crippen molar-refractivity contribution in [3.63, 3.8) is 0 Å². The van der Waals surface area contributed by atoms with Gasteiger partial charge in [-0.25, -0.2) is 8.42 Å². The minimum absolute atomic E-state index is 0.0438. The van der Waals surface area contributed by atoms with E-state index in [1.807, 2.05) is 37.3 Å². The van der Waals surface area contributed by atoms with Crippen LogP contribution in [0.5, 0.6) is 0 Å². The maximum Gasteiger partial charge on any atom is 0.151 e. The zero-order valence-corrected chi connectivity index (χ0v) is 11.5. The van der Waals surface area contributed by atoms with E-state index in [0.717, 1.165) is 5.56 Å². The number of hydrogen-bond acceptors (Lipinski definition) is 4. The van der Waals surface area contributed by atoms with Gasteiger partial charge in [0.2, 0.25) is 0 Å². The Balaban J connectivity index is 2.47. The van der Waals surface area contributed by atoms with Gasteiger partial charge in [0.1, 0.15) is 0 Å². The summed E-state index contributed by atoms with van der Waals surface area (Å²) in [4.78, 5) is 0. The molecular weight excluding hydrogens is 250 g/mol. The topological polar surface area (TPSA) is 66.4 Å². The third-order valence-electron chi connectivity index (χ3n) is 2.70. The van der Waals surface area contributed by atoms with Gasteiger partial charge < -0.3 is 10.4 Å². The molecule has 0 aliphatic heterocycles. The Morgan fingerprint density at radius 1 is 1.22 bits per heavy atom. The molecule has 1 atom stereocenters. The number of benzene rings is 1. The molecule has 102 valence electrons. The fourth-order valence-electron chi connectivity index (χ4n) is 1.77. The average Bonchev–Trinajstić information content (AvgIpc) is 2.35. The lowest BCUT2D eigenvalue weighted by molar-refractivity contribution is 0.246. The quantitative estimate of drug-likeness (QED) is 0.744. The molecule has 0 spiro atoms. The molecule has 0 aliphatic rings. The third-order valence-corrected chi connectivity index (χ3v) is 4.56. The highest BCUT2D eigenvalue weighted by molar-refractivity contribution is 7.91. The molecule has 0 heterocycles. The van der Waals surface area contributed by atoms with Crippen molar-refractivity contribution in [2.75, 3.05) is 24.7 Å². The molecule has 0 saturated carbocycles. The number of hydrogen-bond donors (Lipinski definition) is 2. The van der Waals surface area contributed by atoms with Crippen LogP contribution in [0.4, 0.5) is 0 Å². The van der Waals surface area contributed by atoms with Gasteiger partial charge in [-0.2, -0.15) is 0 Å². The van der Waals surface area contributed by atoms with Crippen molar-refractivity contribution >= 4 is 9.84 Å². The first-order chi connectivity index (χ1) is 8.59. The Hall–Kier alpha value is -0.910. The van der Waals surface area contributed by atoms with Gasteiger partial charge in [0, 0.05) is 12.3 Å². The summed E-state index contributed by atoms with van der Waals surface area (Å²) in [5.41, 5.74) is 0.966. The summed E-state index contributed by atoms with van der Waals surface area (Å²) in [6.45, 7) is 2.17. The Morgan fingerprint density at radius 2 is 1.89 bits per heavy atom. The summed E-state index contributed by atoms with van der Waals surface area (Å²) >= 11 is 0.